The van der Waals surface area contributed by atoms with Crippen LogP contribution < -0.4 is 10.1 Å². The third kappa shape index (κ3) is 3.97. The van der Waals surface area contributed by atoms with E-state index in [1.54, 1.807) is 24.5 Å². The van der Waals surface area contributed by atoms with E-state index in [0.717, 1.165) is 17.2 Å². The summed E-state index contributed by atoms with van der Waals surface area (Å²) in [5.41, 5.74) is 0.872. The fourth-order valence-corrected chi connectivity index (χ4v) is 2.22. The van der Waals surface area contributed by atoms with Gasteiger partial charge in [0.1, 0.15) is 10.7 Å². The number of nitrogens with zero attached hydrogens (tertiary/aromatic N) is 3. The van der Waals surface area contributed by atoms with Crippen LogP contribution >= 0.6 is 11.3 Å². The van der Waals surface area contributed by atoms with Crippen LogP contribution in [0.4, 0.5) is 0 Å². The third-order valence-electron chi connectivity index (χ3n) is 2.41. The zero-order chi connectivity index (χ0) is 13.9. The van der Waals surface area contributed by atoms with Gasteiger partial charge in [-0.05, 0) is 26.8 Å². The molecule has 2 aromatic rings. The van der Waals surface area contributed by atoms with E-state index in [-0.39, 0.29) is 5.54 Å². The number of methoxy groups -OCH3 is 1. The highest BCUT2D eigenvalue weighted by molar-refractivity contribution is 7.14. The van der Waals surface area contributed by atoms with E-state index in [1.165, 1.54) is 4.88 Å². The Morgan fingerprint density at radius 2 is 2.05 bits per heavy atom. The first-order valence-corrected chi connectivity index (χ1v) is 6.87. The molecule has 0 aliphatic rings. The van der Waals surface area contributed by atoms with Gasteiger partial charge in [0, 0.05) is 29.2 Å². The molecular formula is C13H18N4OS. The molecule has 0 radical (unpaired) electrons. The van der Waals surface area contributed by atoms with Crippen LogP contribution in [0.25, 0.3) is 10.7 Å². The zero-order valence-electron chi connectivity index (χ0n) is 11.6. The summed E-state index contributed by atoms with van der Waals surface area (Å²) in [6.07, 6.45) is 1.88. The maximum atomic E-state index is 4.99. The Morgan fingerprint density at radius 1 is 1.26 bits per heavy atom. The molecule has 2 aromatic heterocycles. The molecule has 2 heterocycles. The lowest BCUT2D eigenvalue weighted by Crippen LogP contribution is -2.34. The minimum absolute atomic E-state index is 0.101. The van der Waals surface area contributed by atoms with Gasteiger partial charge in [-0.3, -0.25) is 0 Å². The molecule has 2 rings (SSSR count). The van der Waals surface area contributed by atoms with Crippen LogP contribution in [-0.2, 0) is 6.54 Å². The monoisotopic (exact) mass is 278 g/mol. The van der Waals surface area contributed by atoms with Crippen molar-refractivity contribution in [2.24, 2.45) is 0 Å². The number of hydrogen-bond acceptors (Lipinski definition) is 6. The summed E-state index contributed by atoms with van der Waals surface area (Å²) in [7, 11) is 1.57. The second-order valence-corrected chi connectivity index (χ2v) is 6.31. The van der Waals surface area contributed by atoms with Gasteiger partial charge in [0.2, 0.25) is 5.88 Å². The van der Waals surface area contributed by atoms with E-state index in [9.17, 15) is 0 Å². The van der Waals surface area contributed by atoms with Crippen molar-refractivity contribution >= 4 is 11.3 Å². The highest BCUT2D eigenvalue weighted by Gasteiger charge is 2.11. The number of thiazole rings is 1. The van der Waals surface area contributed by atoms with Gasteiger partial charge in [-0.15, -0.1) is 21.5 Å². The molecular weight excluding hydrogens is 260 g/mol. The fourth-order valence-electron chi connectivity index (χ4n) is 1.40. The van der Waals surface area contributed by atoms with Gasteiger partial charge in [0.05, 0.1) is 7.11 Å². The Kier molecular flexibility index (Phi) is 4.11. The number of ether oxygens (including phenoxy) is 1. The summed E-state index contributed by atoms with van der Waals surface area (Å²) in [6.45, 7) is 7.24. The average molecular weight is 278 g/mol. The third-order valence-corrected chi connectivity index (χ3v) is 3.43. The molecule has 0 aliphatic carbocycles. The van der Waals surface area contributed by atoms with Crippen LogP contribution in [-0.4, -0.2) is 27.8 Å². The molecule has 5 nitrogen and oxygen atoms in total. The van der Waals surface area contributed by atoms with Crippen LogP contribution in [0.5, 0.6) is 5.88 Å². The Balaban J connectivity index is 2.07. The maximum Gasteiger partial charge on any atom is 0.233 e. The zero-order valence-corrected chi connectivity index (χ0v) is 12.4. The Morgan fingerprint density at radius 3 is 2.63 bits per heavy atom. The quantitative estimate of drug-likeness (QED) is 0.931. The number of hydrogen-bond donors (Lipinski definition) is 1. The predicted molar refractivity (Wildman–Crippen MR) is 76.3 cm³/mol. The van der Waals surface area contributed by atoms with Crippen molar-refractivity contribution < 1.29 is 4.74 Å². The molecule has 0 saturated carbocycles. The van der Waals surface area contributed by atoms with Crippen LogP contribution in [0.1, 0.15) is 25.6 Å². The van der Waals surface area contributed by atoms with Crippen LogP contribution in [0.2, 0.25) is 0 Å². The molecule has 19 heavy (non-hydrogen) atoms. The fraction of sp³-hybridized carbons (Fsp3) is 0.462. The second-order valence-electron chi connectivity index (χ2n) is 5.20. The molecule has 0 spiro atoms. The van der Waals surface area contributed by atoms with Crippen molar-refractivity contribution in [2.75, 3.05) is 7.11 Å². The maximum absolute atomic E-state index is 4.99. The summed E-state index contributed by atoms with van der Waals surface area (Å²) in [5.74, 6) is 0.509. The molecule has 0 atom stereocenters. The van der Waals surface area contributed by atoms with Gasteiger partial charge in [-0.25, -0.2) is 4.98 Å². The van der Waals surface area contributed by atoms with Crippen molar-refractivity contribution in [3.05, 3.63) is 23.2 Å². The SMILES string of the molecule is COc1ccc(-c2ncc(CNC(C)(C)C)s2)nn1. The van der Waals surface area contributed by atoms with Crippen LogP contribution in [0, 0.1) is 0 Å². The molecule has 6 heteroatoms. The van der Waals surface area contributed by atoms with Gasteiger partial charge in [-0.2, -0.15) is 0 Å². The molecule has 0 bridgehead atoms. The number of aromatic nitrogens is 3. The van der Waals surface area contributed by atoms with E-state index in [2.05, 4.69) is 41.3 Å². The normalized spacial score (nSPS) is 11.6. The Labute approximate surface area is 117 Å². The minimum Gasteiger partial charge on any atom is -0.480 e. The lowest BCUT2D eigenvalue weighted by atomic mass is 10.1. The summed E-state index contributed by atoms with van der Waals surface area (Å²) in [5, 5.41) is 12.4. The molecule has 0 unspecified atom stereocenters. The van der Waals surface area contributed by atoms with Crippen molar-refractivity contribution in [1.82, 2.24) is 20.5 Å². The summed E-state index contributed by atoms with van der Waals surface area (Å²) in [6, 6.07) is 3.66. The van der Waals surface area contributed by atoms with E-state index >= 15 is 0 Å². The molecule has 102 valence electrons. The van der Waals surface area contributed by atoms with Gasteiger partial charge in [-0.1, -0.05) is 0 Å². The molecule has 0 amide bonds. The van der Waals surface area contributed by atoms with E-state index in [0.29, 0.717) is 5.88 Å². The standard InChI is InChI=1S/C13H18N4OS/c1-13(2,3)15-8-9-7-14-12(19-9)10-5-6-11(18-4)17-16-10/h5-7,15H,8H2,1-4H3. The van der Waals surface area contributed by atoms with Gasteiger partial charge < -0.3 is 10.1 Å². The van der Waals surface area contributed by atoms with Crippen LogP contribution in [0.15, 0.2) is 18.3 Å². The molecule has 0 saturated heterocycles. The molecule has 0 aliphatic heterocycles. The summed E-state index contributed by atoms with van der Waals surface area (Å²) in [4.78, 5) is 5.56. The smallest absolute Gasteiger partial charge is 0.233 e. The molecule has 0 aromatic carbocycles. The van der Waals surface area contributed by atoms with Crippen molar-refractivity contribution in [1.29, 1.82) is 0 Å². The second kappa shape index (κ2) is 5.63. The topological polar surface area (TPSA) is 59.9 Å². The van der Waals surface area contributed by atoms with Crippen molar-refractivity contribution in [2.45, 2.75) is 32.9 Å². The van der Waals surface area contributed by atoms with Gasteiger partial charge in [0.25, 0.3) is 0 Å². The van der Waals surface area contributed by atoms with E-state index in [1.807, 2.05) is 12.3 Å². The number of rotatable bonds is 4. The van der Waals surface area contributed by atoms with E-state index < -0.39 is 0 Å². The first-order valence-electron chi connectivity index (χ1n) is 6.06. The molecule has 1 N–H and O–H groups in total. The van der Waals surface area contributed by atoms with Crippen molar-refractivity contribution in [3.63, 3.8) is 0 Å². The first kappa shape index (κ1) is 13.9. The highest BCUT2D eigenvalue weighted by atomic mass is 32.1. The Bertz CT molecular complexity index is 530. The average Bonchev–Trinajstić information content (AvgIpc) is 2.84. The van der Waals surface area contributed by atoms with Gasteiger partial charge >= 0.3 is 0 Å². The largest absolute Gasteiger partial charge is 0.480 e. The number of nitrogens with one attached hydrogen (secondary N) is 1. The molecule has 0 fully saturated rings. The van der Waals surface area contributed by atoms with Crippen molar-refractivity contribution in [3.8, 4) is 16.6 Å². The first-order chi connectivity index (χ1) is 8.98. The minimum atomic E-state index is 0.101. The lowest BCUT2D eigenvalue weighted by Gasteiger charge is -2.19. The van der Waals surface area contributed by atoms with Gasteiger partial charge in [0.15, 0.2) is 0 Å². The lowest BCUT2D eigenvalue weighted by molar-refractivity contribution is 0.392. The predicted octanol–water partition coefficient (Wildman–Crippen LogP) is 2.50. The van der Waals surface area contributed by atoms with Crippen LogP contribution in [0.3, 0.4) is 0 Å². The Hall–Kier alpha value is -1.53. The van der Waals surface area contributed by atoms with E-state index in [4.69, 9.17) is 4.74 Å². The summed E-state index contributed by atoms with van der Waals surface area (Å²) < 4.78 is 4.99. The highest BCUT2D eigenvalue weighted by Crippen LogP contribution is 2.24. The summed E-state index contributed by atoms with van der Waals surface area (Å²) >= 11 is 1.62.